The van der Waals surface area contributed by atoms with Crippen LogP contribution in [0.25, 0.3) is 5.52 Å². The highest BCUT2D eigenvalue weighted by molar-refractivity contribution is 5.96. The molecule has 138 valence electrons. The molecular weight excluding hydrogens is 342 g/mol. The predicted molar refractivity (Wildman–Crippen MR) is 99.7 cm³/mol. The van der Waals surface area contributed by atoms with Crippen LogP contribution in [0.5, 0.6) is 5.75 Å². The molecule has 2 aliphatic rings. The number of hydrogen-bond acceptors (Lipinski definition) is 5. The Morgan fingerprint density at radius 1 is 1.33 bits per heavy atom. The molecule has 1 aliphatic carbocycles. The molecule has 27 heavy (non-hydrogen) atoms. The van der Waals surface area contributed by atoms with Crippen molar-refractivity contribution in [3.05, 3.63) is 59.4 Å². The van der Waals surface area contributed by atoms with Crippen molar-refractivity contribution >= 4 is 11.4 Å². The number of fused-ring (bicyclic) bond motifs is 2. The minimum absolute atomic E-state index is 0.212. The van der Waals surface area contributed by atoms with Crippen LogP contribution in [0.3, 0.4) is 0 Å². The van der Waals surface area contributed by atoms with Crippen molar-refractivity contribution in [1.29, 1.82) is 0 Å². The third-order valence-corrected chi connectivity index (χ3v) is 5.35. The summed E-state index contributed by atoms with van der Waals surface area (Å²) in [5.74, 6) is 1.24. The van der Waals surface area contributed by atoms with Crippen molar-refractivity contribution in [3.63, 3.8) is 0 Å². The SMILES string of the molecule is Cc1cccn2c(C3(NC(=O)c4nccc5c4OCCNC5)CC3)ncc12. The molecule has 0 saturated heterocycles. The van der Waals surface area contributed by atoms with Gasteiger partial charge in [0, 0.05) is 31.0 Å². The zero-order chi connectivity index (χ0) is 18.4. The number of nitrogens with one attached hydrogen (secondary N) is 2. The maximum Gasteiger partial charge on any atom is 0.274 e. The summed E-state index contributed by atoms with van der Waals surface area (Å²) < 4.78 is 7.88. The van der Waals surface area contributed by atoms with E-state index in [4.69, 9.17) is 4.74 Å². The van der Waals surface area contributed by atoms with Crippen molar-refractivity contribution < 1.29 is 9.53 Å². The number of amides is 1. The Morgan fingerprint density at radius 2 is 2.22 bits per heavy atom. The van der Waals surface area contributed by atoms with E-state index >= 15 is 0 Å². The molecular formula is C20H21N5O2. The second kappa shape index (κ2) is 6.06. The van der Waals surface area contributed by atoms with Crippen LogP contribution in [0.4, 0.5) is 0 Å². The fourth-order valence-electron chi connectivity index (χ4n) is 3.72. The monoisotopic (exact) mass is 363 g/mol. The Balaban J connectivity index is 1.48. The Hall–Kier alpha value is -2.93. The molecule has 0 atom stereocenters. The molecule has 7 nitrogen and oxygen atoms in total. The lowest BCUT2D eigenvalue weighted by atomic mass is 10.1. The van der Waals surface area contributed by atoms with Crippen LogP contribution in [0.1, 0.15) is 40.3 Å². The van der Waals surface area contributed by atoms with E-state index in [0.717, 1.165) is 41.9 Å². The average molecular weight is 363 g/mol. The fourth-order valence-corrected chi connectivity index (χ4v) is 3.72. The topological polar surface area (TPSA) is 80.5 Å². The Morgan fingerprint density at radius 3 is 3.07 bits per heavy atom. The number of carbonyl (C=O) groups is 1. The number of rotatable bonds is 3. The summed E-state index contributed by atoms with van der Waals surface area (Å²) in [5.41, 5.74) is 3.09. The number of pyridine rings is 2. The van der Waals surface area contributed by atoms with Gasteiger partial charge in [0.05, 0.1) is 17.3 Å². The van der Waals surface area contributed by atoms with Gasteiger partial charge in [-0.15, -0.1) is 0 Å². The third-order valence-electron chi connectivity index (χ3n) is 5.35. The first-order valence-electron chi connectivity index (χ1n) is 9.25. The molecule has 3 aromatic rings. The van der Waals surface area contributed by atoms with E-state index in [-0.39, 0.29) is 5.91 Å². The minimum Gasteiger partial charge on any atom is -0.489 e. The van der Waals surface area contributed by atoms with Gasteiger partial charge < -0.3 is 19.8 Å². The molecule has 4 heterocycles. The maximum atomic E-state index is 13.1. The highest BCUT2D eigenvalue weighted by Crippen LogP contribution is 2.45. The van der Waals surface area contributed by atoms with Gasteiger partial charge >= 0.3 is 0 Å². The molecule has 1 saturated carbocycles. The molecule has 3 aromatic heterocycles. The molecule has 1 amide bonds. The summed E-state index contributed by atoms with van der Waals surface area (Å²) in [6.07, 6.45) is 7.27. The predicted octanol–water partition coefficient (Wildman–Crippen LogP) is 1.94. The van der Waals surface area contributed by atoms with Gasteiger partial charge in [0.15, 0.2) is 11.4 Å². The van der Waals surface area contributed by atoms with E-state index in [1.807, 2.05) is 24.5 Å². The summed E-state index contributed by atoms with van der Waals surface area (Å²) in [6, 6.07) is 5.96. The van der Waals surface area contributed by atoms with Crippen LogP contribution in [0.15, 0.2) is 36.8 Å². The van der Waals surface area contributed by atoms with Gasteiger partial charge in [-0.2, -0.15) is 0 Å². The zero-order valence-corrected chi connectivity index (χ0v) is 15.2. The van der Waals surface area contributed by atoms with Crippen molar-refractivity contribution in [2.75, 3.05) is 13.2 Å². The smallest absolute Gasteiger partial charge is 0.274 e. The van der Waals surface area contributed by atoms with Crippen LogP contribution in [0, 0.1) is 6.92 Å². The second-order valence-corrected chi connectivity index (χ2v) is 7.24. The van der Waals surface area contributed by atoms with Gasteiger partial charge in [0.1, 0.15) is 12.4 Å². The Labute approximate surface area is 156 Å². The number of aromatic nitrogens is 3. The van der Waals surface area contributed by atoms with Gasteiger partial charge in [-0.1, -0.05) is 6.07 Å². The molecule has 0 aromatic carbocycles. The lowest BCUT2D eigenvalue weighted by Gasteiger charge is -2.18. The summed E-state index contributed by atoms with van der Waals surface area (Å²) in [6.45, 7) is 4.01. The standard InChI is InChI=1S/C20H21N5O2/c1-13-3-2-9-25-15(13)12-23-19(25)20(5-6-20)24-18(26)16-17-14(4-7-22-16)11-21-8-10-27-17/h2-4,7,9,12,21H,5-6,8,10-11H2,1H3,(H,24,26). The molecule has 1 aliphatic heterocycles. The summed E-state index contributed by atoms with van der Waals surface area (Å²) in [4.78, 5) is 22.0. The highest BCUT2D eigenvalue weighted by Gasteiger charge is 2.49. The van der Waals surface area contributed by atoms with Crippen LogP contribution in [-0.4, -0.2) is 33.4 Å². The Kier molecular flexibility index (Phi) is 3.65. The average Bonchev–Trinajstić information content (AvgIpc) is 3.37. The first-order chi connectivity index (χ1) is 13.2. The van der Waals surface area contributed by atoms with Gasteiger partial charge in [-0.25, -0.2) is 9.97 Å². The molecule has 0 unspecified atom stereocenters. The maximum absolute atomic E-state index is 13.1. The van der Waals surface area contributed by atoms with Gasteiger partial charge in [0.2, 0.25) is 0 Å². The molecule has 2 N–H and O–H groups in total. The van der Waals surface area contributed by atoms with E-state index in [0.29, 0.717) is 24.6 Å². The molecule has 0 bridgehead atoms. The minimum atomic E-state index is -0.440. The normalized spacial score (nSPS) is 17.7. The van der Waals surface area contributed by atoms with Gasteiger partial charge in [-0.3, -0.25) is 4.79 Å². The molecule has 0 radical (unpaired) electrons. The van der Waals surface area contributed by atoms with Crippen LogP contribution in [0.2, 0.25) is 0 Å². The van der Waals surface area contributed by atoms with Crippen molar-refractivity contribution in [2.45, 2.75) is 31.8 Å². The second-order valence-electron chi connectivity index (χ2n) is 7.24. The first kappa shape index (κ1) is 16.3. The van der Waals surface area contributed by atoms with Crippen LogP contribution < -0.4 is 15.4 Å². The molecule has 1 fully saturated rings. The summed E-state index contributed by atoms with van der Waals surface area (Å²) >= 11 is 0. The number of nitrogens with zero attached hydrogens (tertiary/aromatic N) is 3. The quantitative estimate of drug-likeness (QED) is 0.743. The van der Waals surface area contributed by atoms with E-state index in [1.165, 1.54) is 0 Å². The summed E-state index contributed by atoms with van der Waals surface area (Å²) in [7, 11) is 0. The van der Waals surface area contributed by atoms with E-state index in [1.54, 1.807) is 6.20 Å². The lowest BCUT2D eigenvalue weighted by molar-refractivity contribution is 0.0919. The van der Waals surface area contributed by atoms with Crippen molar-refractivity contribution in [1.82, 2.24) is 25.0 Å². The fraction of sp³-hybridized carbons (Fsp3) is 0.350. The molecule has 7 heteroatoms. The molecule has 5 rings (SSSR count). The van der Waals surface area contributed by atoms with E-state index in [2.05, 4.69) is 38.0 Å². The number of imidazole rings is 1. The van der Waals surface area contributed by atoms with Crippen molar-refractivity contribution in [2.24, 2.45) is 0 Å². The van der Waals surface area contributed by atoms with Crippen molar-refractivity contribution in [3.8, 4) is 5.75 Å². The van der Waals surface area contributed by atoms with E-state index < -0.39 is 5.54 Å². The van der Waals surface area contributed by atoms with E-state index in [9.17, 15) is 4.79 Å². The number of ether oxygens (including phenoxy) is 1. The summed E-state index contributed by atoms with van der Waals surface area (Å²) in [5, 5.41) is 6.46. The third kappa shape index (κ3) is 2.66. The highest BCUT2D eigenvalue weighted by atomic mass is 16.5. The largest absolute Gasteiger partial charge is 0.489 e. The first-order valence-corrected chi connectivity index (χ1v) is 9.25. The molecule has 0 spiro atoms. The van der Waals surface area contributed by atoms with Gasteiger partial charge in [0.25, 0.3) is 5.91 Å². The number of hydrogen-bond donors (Lipinski definition) is 2. The number of carbonyl (C=O) groups excluding carboxylic acids is 1. The Bertz CT molecular complexity index is 1040. The van der Waals surface area contributed by atoms with Gasteiger partial charge in [-0.05, 0) is 37.5 Å². The van der Waals surface area contributed by atoms with Crippen LogP contribution >= 0.6 is 0 Å². The number of aryl methyl sites for hydroxylation is 1. The van der Waals surface area contributed by atoms with Crippen LogP contribution in [-0.2, 0) is 12.1 Å². The zero-order valence-electron chi connectivity index (χ0n) is 15.2. The lowest BCUT2D eigenvalue weighted by Crippen LogP contribution is -2.37.